The maximum absolute atomic E-state index is 10.7. The molecule has 1 aromatic rings. The maximum atomic E-state index is 10.7. The second kappa shape index (κ2) is 1.82. The zero-order valence-corrected chi connectivity index (χ0v) is 4.32. The van der Waals surface area contributed by atoms with Crippen molar-refractivity contribution >= 4 is 5.78 Å². The summed E-state index contributed by atoms with van der Waals surface area (Å²) >= 11 is 0. The number of rotatable bonds is 1. The molecule has 1 heterocycles. The first kappa shape index (κ1) is 2.49. The fourth-order valence-electron chi connectivity index (χ4n) is 0.344. The molecule has 0 bridgehead atoms. The smallest absolute Gasteiger partial charge is 0.194 e. The molecule has 0 aliphatic heterocycles. The Hall–Kier alpha value is -1.05. The number of carbonyl (C=O) groups is 1. The van der Waals surface area contributed by atoms with E-state index in [4.69, 9.17) is 4.11 Å². The molecule has 0 N–H and O–H groups in total. The minimum atomic E-state index is -0.430. The summed E-state index contributed by atoms with van der Waals surface area (Å²) in [6.45, 7) is 1.23. The minimum Gasteiger partial charge on any atom is -0.461 e. The molecule has 2 heteroatoms. The van der Waals surface area contributed by atoms with Crippen molar-refractivity contribution in [2.45, 2.75) is 6.92 Å². The summed E-state index contributed by atoms with van der Waals surface area (Å²) in [6, 6.07) is -0.641. The van der Waals surface area contributed by atoms with Gasteiger partial charge in [0, 0.05) is 6.92 Å². The minimum absolute atomic E-state index is 0.208. The summed E-state index contributed by atoms with van der Waals surface area (Å²) < 4.78 is 25.7. The predicted octanol–water partition coefficient (Wildman–Crippen LogP) is 1.48. The van der Waals surface area contributed by atoms with Crippen LogP contribution in [-0.4, -0.2) is 5.78 Å². The molecular weight excluding hydrogens is 104 g/mol. The molecule has 0 saturated heterocycles. The summed E-state index contributed by atoms with van der Waals surface area (Å²) in [6.07, 6.45) is -0.430. The Morgan fingerprint density at radius 2 is 2.75 bits per heavy atom. The summed E-state index contributed by atoms with van der Waals surface area (Å²) in [4.78, 5) is 10.7. The van der Waals surface area contributed by atoms with Crippen molar-refractivity contribution in [1.82, 2.24) is 0 Å². The topological polar surface area (TPSA) is 30.2 Å². The van der Waals surface area contributed by atoms with Gasteiger partial charge in [0.25, 0.3) is 0 Å². The Labute approximate surface area is 51.3 Å². The zero-order valence-electron chi connectivity index (χ0n) is 7.32. The first-order valence-corrected chi connectivity index (χ1v) is 2.11. The van der Waals surface area contributed by atoms with Gasteiger partial charge in [0.1, 0.15) is 1.37 Å². The van der Waals surface area contributed by atoms with Crippen LogP contribution in [0.5, 0.6) is 0 Å². The molecule has 0 amide bonds. The van der Waals surface area contributed by atoms with Gasteiger partial charge in [0.05, 0.1) is 8.98 Å². The van der Waals surface area contributed by atoms with Crippen LogP contribution in [0.3, 0.4) is 0 Å². The van der Waals surface area contributed by atoms with Crippen molar-refractivity contribution in [2.75, 3.05) is 0 Å². The summed E-state index contributed by atoms with van der Waals surface area (Å²) in [7, 11) is 0. The second-order valence-corrected chi connectivity index (χ2v) is 1.34. The molecule has 0 fully saturated rings. The molecule has 42 valence electrons. The molecule has 1 aromatic heterocycles. The quantitative estimate of drug-likeness (QED) is 0.516. The van der Waals surface area contributed by atoms with E-state index in [1.54, 1.807) is 0 Å². The average Bonchev–Trinajstić information content (AvgIpc) is 2.17. The van der Waals surface area contributed by atoms with Crippen LogP contribution in [0.25, 0.3) is 0 Å². The van der Waals surface area contributed by atoms with Crippen molar-refractivity contribution < 1.29 is 13.3 Å². The van der Waals surface area contributed by atoms with Crippen molar-refractivity contribution in [3.63, 3.8) is 0 Å². The van der Waals surface area contributed by atoms with Gasteiger partial charge in [-0.25, -0.2) is 0 Å². The molecule has 8 heavy (non-hydrogen) atoms. The highest BCUT2D eigenvalue weighted by Crippen LogP contribution is 1.98. The van der Waals surface area contributed by atoms with Crippen LogP contribution >= 0.6 is 0 Å². The van der Waals surface area contributed by atoms with Gasteiger partial charge in [-0.05, 0) is 12.1 Å². The second-order valence-electron chi connectivity index (χ2n) is 1.34. The van der Waals surface area contributed by atoms with Gasteiger partial charge in [0.2, 0.25) is 0 Å². The number of ketones is 1. The standard InChI is InChI=1S/C6H6O2/c1-5(7)6-3-2-4-8-6/h2-4H,1H3/i2D,3D,4D. The molecule has 0 aliphatic carbocycles. The monoisotopic (exact) mass is 113 g/mol. The van der Waals surface area contributed by atoms with E-state index in [0.29, 0.717) is 0 Å². The van der Waals surface area contributed by atoms with E-state index in [0.717, 1.165) is 0 Å². The molecule has 2 nitrogen and oxygen atoms in total. The number of carbonyl (C=O) groups excluding carboxylic acids is 1. The lowest BCUT2D eigenvalue weighted by atomic mass is 10.3. The number of hydrogen-bond donors (Lipinski definition) is 0. The van der Waals surface area contributed by atoms with E-state index in [1.165, 1.54) is 6.92 Å². The van der Waals surface area contributed by atoms with Gasteiger partial charge < -0.3 is 4.42 Å². The fraction of sp³-hybridized carbons (Fsp3) is 0.167. The molecule has 0 saturated carbocycles. The Morgan fingerprint density at radius 1 is 2.00 bits per heavy atom. The summed E-state index contributed by atoms with van der Waals surface area (Å²) in [5, 5.41) is 0. The number of furan rings is 1. The first-order chi connectivity index (χ1) is 5.04. The predicted molar refractivity (Wildman–Crippen MR) is 28.7 cm³/mol. The van der Waals surface area contributed by atoms with Crippen molar-refractivity contribution in [1.29, 1.82) is 0 Å². The number of hydrogen-bond acceptors (Lipinski definition) is 2. The lowest BCUT2D eigenvalue weighted by Crippen LogP contribution is -1.85. The van der Waals surface area contributed by atoms with Gasteiger partial charge in [-0.1, -0.05) is 0 Å². The molecule has 0 aromatic carbocycles. The van der Waals surface area contributed by atoms with Gasteiger partial charge in [-0.2, -0.15) is 0 Å². The fourth-order valence-corrected chi connectivity index (χ4v) is 0.344. The molecule has 0 radical (unpaired) electrons. The van der Waals surface area contributed by atoms with Crippen LogP contribution in [0.2, 0.25) is 0 Å². The molecule has 1 rings (SSSR count). The average molecular weight is 113 g/mol. The molecule has 0 aliphatic rings. The van der Waals surface area contributed by atoms with Crippen molar-refractivity contribution in [3.8, 4) is 0 Å². The van der Waals surface area contributed by atoms with Crippen LogP contribution < -0.4 is 0 Å². The third kappa shape index (κ3) is 0.780. The lowest BCUT2D eigenvalue weighted by molar-refractivity contribution is 0.0987. The van der Waals surface area contributed by atoms with Crippen LogP contribution in [0.4, 0.5) is 0 Å². The van der Waals surface area contributed by atoms with E-state index >= 15 is 0 Å². The van der Waals surface area contributed by atoms with Crippen LogP contribution in [-0.2, 0) is 0 Å². The van der Waals surface area contributed by atoms with Crippen LogP contribution in [0.1, 0.15) is 21.6 Å². The van der Waals surface area contributed by atoms with E-state index < -0.39 is 12.0 Å². The van der Waals surface area contributed by atoms with Gasteiger partial charge in [-0.3, -0.25) is 4.79 Å². The van der Waals surface area contributed by atoms with Gasteiger partial charge in [0.15, 0.2) is 11.5 Å². The van der Waals surface area contributed by atoms with Crippen LogP contribution in [0, 0.1) is 0 Å². The normalized spacial score (nSPS) is 14.4. The highest BCUT2D eigenvalue weighted by atomic mass is 16.3. The molecule has 0 atom stereocenters. The van der Waals surface area contributed by atoms with E-state index in [2.05, 4.69) is 4.42 Å². The first-order valence-electron chi connectivity index (χ1n) is 3.61. The lowest BCUT2D eigenvalue weighted by Gasteiger charge is -1.80. The number of Topliss-reactive ketones (excluding diaryl/α,β-unsaturated/α-hetero) is 1. The highest BCUT2D eigenvalue weighted by Gasteiger charge is 1.97. The van der Waals surface area contributed by atoms with Gasteiger partial charge >= 0.3 is 0 Å². The Morgan fingerprint density at radius 3 is 3.00 bits per heavy atom. The largest absolute Gasteiger partial charge is 0.461 e. The van der Waals surface area contributed by atoms with E-state index in [9.17, 15) is 4.79 Å². The Bertz CT molecular complexity index is 303. The van der Waals surface area contributed by atoms with Crippen molar-refractivity contribution in [3.05, 3.63) is 24.1 Å². The summed E-state index contributed by atoms with van der Waals surface area (Å²) in [5.74, 6) is -0.637. The zero-order chi connectivity index (χ0) is 8.59. The molecule has 0 unspecified atom stereocenters. The Kier molecular flexibility index (Phi) is 0.565. The van der Waals surface area contributed by atoms with E-state index in [1.807, 2.05) is 0 Å². The maximum Gasteiger partial charge on any atom is 0.194 e. The molecule has 0 spiro atoms. The highest BCUT2D eigenvalue weighted by molar-refractivity contribution is 5.91. The molecular formula is C6H6O2. The van der Waals surface area contributed by atoms with E-state index in [-0.39, 0.29) is 17.8 Å². The van der Waals surface area contributed by atoms with Crippen LogP contribution in [0.15, 0.2) is 22.7 Å². The van der Waals surface area contributed by atoms with Crippen molar-refractivity contribution in [2.24, 2.45) is 0 Å². The Balaban J connectivity index is 3.29. The SMILES string of the molecule is [2H]c1oc(C(C)=O)c([2H])c1[2H]. The van der Waals surface area contributed by atoms with Gasteiger partial charge in [-0.15, -0.1) is 0 Å². The third-order valence-corrected chi connectivity index (χ3v) is 0.700. The summed E-state index contributed by atoms with van der Waals surface area (Å²) in [5.41, 5.74) is 0. The third-order valence-electron chi connectivity index (χ3n) is 0.700.